The number of para-hydroxylation sites is 2. The third-order valence-electron chi connectivity index (χ3n) is 3.11. The Labute approximate surface area is 128 Å². The van der Waals surface area contributed by atoms with Gasteiger partial charge < -0.3 is 19.5 Å². The molecule has 1 atom stereocenters. The molecule has 3 rings (SSSR count). The first-order valence-corrected chi connectivity index (χ1v) is 7.05. The van der Waals surface area contributed by atoms with Crippen molar-refractivity contribution in [1.29, 1.82) is 0 Å². The van der Waals surface area contributed by atoms with Gasteiger partial charge >= 0.3 is 0 Å². The highest BCUT2D eigenvalue weighted by atomic mass is 16.6. The Kier molecular flexibility index (Phi) is 4.09. The quantitative estimate of drug-likeness (QED) is 0.938. The van der Waals surface area contributed by atoms with Crippen molar-refractivity contribution in [3.63, 3.8) is 0 Å². The number of hydrogen-bond donors (Lipinski definition) is 1. The molecule has 114 valence electrons. The Bertz CT molecular complexity index is 675. The highest BCUT2D eigenvalue weighted by Crippen LogP contribution is 2.31. The second-order valence-electron chi connectivity index (χ2n) is 4.64. The van der Waals surface area contributed by atoms with Gasteiger partial charge in [-0.25, -0.2) is 4.98 Å². The molecule has 0 spiro atoms. The van der Waals surface area contributed by atoms with Gasteiger partial charge in [0.25, 0.3) is 5.91 Å². The molecular formula is C16H16N2O4. The minimum absolute atomic E-state index is 0.160. The van der Waals surface area contributed by atoms with E-state index in [2.05, 4.69) is 10.3 Å². The molecule has 22 heavy (non-hydrogen) atoms. The van der Waals surface area contributed by atoms with E-state index >= 15 is 0 Å². The lowest BCUT2D eigenvalue weighted by molar-refractivity contribution is -0.125. The summed E-state index contributed by atoms with van der Waals surface area (Å²) in [6, 6.07) is 10.7. The maximum atomic E-state index is 12.3. The SMILES string of the molecule is CCOc1ncccc1NC(=O)C1COc2ccccc2O1. The van der Waals surface area contributed by atoms with Gasteiger partial charge in [-0.2, -0.15) is 0 Å². The number of hydrogen-bond acceptors (Lipinski definition) is 5. The first-order chi connectivity index (χ1) is 10.8. The van der Waals surface area contributed by atoms with Gasteiger partial charge in [0, 0.05) is 6.20 Å². The number of aromatic nitrogens is 1. The molecule has 1 N–H and O–H groups in total. The van der Waals surface area contributed by atoms with Gasteiger partial charge in [-0.3, -0.25) is 4.79 Å². The normalized spacial score (nSPS) is 16.0. The van der Waals surface area contributed by atoms with E-state index in [1.807, 2.05) is 19.1 Å². The van der Waals surface area contributed by atoms with Crippen LogP contribution in [0.4, 0.5) is 5.69 Å². The summed E-state index contributed by atoms with van der Waals surface area (Å²) >= 11 is 0. The third kappa shape index (κ3) is 2.95. The molecule has 6 nitrogen and oxygen atoms in total. The fourth-order valence-corrected chi connectivity index (χ4v) is 2.10. The molecule has 0 radical (unpaired) electrons. The number of amides is 1. The molecule has 1 amide bonds. The van der Waals surface area contributed by atoms with Crippen molar-refractivity contribution in [3.05, 3.63) is 42.6 Å². The number of anilines is 1. The molecule has 1 aromatic carbocycles. The zero-order chi connectivity index (χ0) is 15.4. The fourth-order valence-electron chi connectivity index (χ4n) is 2.10. The maximum absolute atomic E-state index is 12.3. The lowest BCUT2D eigenvalue weighted by Crippen LogP contribution is -2.40. The van der Waals surface area contributed by atoms with Crippen LogP contribution < -0.4 is 19.5 Å². The Morgan fingerprint density at radius 3 is 2.95 bits per heavy atom. The van der Waals surface area contributed by atoms with Crippen LogP contribution in [0, 0.1) is 0 Å². The van der Waals surface area contributed by atoms with E-state index in [1.54, 1.807) is 30.5 Å². The van der Waals surface area contributed by atoms with Gasteiger partial charge in [-0.15, -0.1) is 0 Å². The van der Waals surface area contributed by atoms with E-state index in [4.69, 9.17) is 14.2 Å². The molecule has 0 aliphatic carbocycles. The summed E-state index contributed by atoms with van der Waals surface area (Å²) in [7, 11) is 0. The predicted molar refractivity (Wildman–Crippen MR) is 80.4 cm³/mol. The average molecular weight is 300 g/mol. The van der Waals surface area contributed by atoms with Crippen molar-refractivity contribution in [2.75, 3.05) is 18.5 Å². The summed E-state index contributed by atoms with van der Waals surface area (Å²) in [5.41, 5.74) is 0.511. The number of rotatable bonds is 4. The Morgan fingerprint density at radius 1 is 1.32 bits per heavy atom. The number of fused-ring (bicyclic) bond motifs is 1. The van der Waals surface area contributed by atoms with Gasteiger partial charge in [0.05, 0.1) is 6.61 Å². The summed E-state index contributed by atoms with van der Waals surface area (Å²) in [4.78, 5) is 16.4. The summed E-state index contributed by atoms with van der Waals surface area (Å²) < 4.78 is 16.6. The summed E-state index contributed by atoms with van der Waals surface area (Å²) in [6.45, 7) is 2.48. The van der Waals surface area contributed by atoms with Crippen molar-refractivity contribution in [2.24, 2.45) is 0 Å². The highest BCUT2D eigenvalue weighted by molar-refractivity contribution is 5.95. The molecule has 2 heterocycles. The van der Waals surface area contributed by atoms with Gasteiger partial charge in [0.1, 0.15) is 12.3 Å². The van der Waals surface area contributed by atoms with E-state index in [-0.39, 0.29) is 12.5 Å². The van der Waals surface area contributed by atoms with E-state index < -0.39 is 6.10 Å². The summed E-state index contributed by atoms with van der Waals surface area (Å²) in [5.74, 6) is 1.28. The molecule has 0 fully saturated rings. The second kappa shape index (κ2) is 6.34. The lowest BCUT2D eigenvalue weighted by atomic mass is 10.2. The van der Waals surface area contributed by atoms with Crippen molar-refractivity contribution < 1.29 is 19.0 Å². The molecule has 6 heteroatoms. The van der Waals surface area contributed by atoms with E-state index in [1.165, 1.54) is 0 Å². The molecule has 1 aromatic heterocycles. The van der Waals surface area contributed by atoms with Crippen LogP contribution in [-0.4, -0.2) is 30.2 Å². The zero-order valence-corrected chi connectivity index (χ0v) is 12.1. The molecule has 0 saturated heterocycles. The zero-order valence-electron chi connectivity index (χ0n) is 12.1. The summed E-state index contributed by atoms with van der Waals surface area (Å²) in [5, 5.41) is 2.76. The van der Waals surface area contributed by atoms with Crippen molar-refractivity contribution >= 4 is 11.6 Å². The third-order valence-corrected chi connectivity index (χ3v) is 3.11. The lowest BCUT2D eigenvalue weighted by Gasteiger charge is -2.25. The van der Waals surface area contributed by atoms with Crippen LogP contribution in [0.5, 0.6) is 17.4 Å². The van der Waals surface area contributed by atoms with Crippen molar-refractivity contribution in [3.8, 4) is 17.4 Å². The smallest absolute Gasteiger partial charge is 0.269 e. The largest absolute Gasteiger partial charge is 0.485 e. The molecule has 1 aliphatic heterocycles. The van der Waals surface area contributed by atoms with Gasteiger partial charge in [0.2, 0.25) is 12.0 Å². The summed E-state index contributed by atoms with van der Waals surface area (Å²) in [6.07, 6.45) is 0.890. The first-order valence-electron chi connectivity index (χ1n) is 7.05. The molecule has 0 saturated carbocycles. The maximum Gasteiger partial charge on any atom is 0.269 e. The van der Waals surface area contributed by atoms with Crippen LogP contribution >= 0.6 is 0 Å². The van der Waals surface area contributed by atoms with E-state index in [0.717, 1.165) is 0 Å². The van der Waals surface area contributed by atoms with E-state index in [0.29, 0.717) is 29.7 Å². The minimum Gasteiger partial charge on any atom is -0.485 e. The van der Waals surface area contributed by atoms with Crippen LogP contribution in [-0.2, 0) is 4.79 Å². The predicted octanol–water partition coefficient (Wildman–Crippen LogP) is 2.26. The van der Waals surface area contributed by atoms with Crippen molar-refractivity contribution in [2.45, 2.75) is 13.0 Å². The number of carbonyl (C=O) groups is 1. The topological polar surface area (TPSA) is 69.7 Å². The number of benzene rings is 1. The number of carbonyl (C=O) groups excluding carboxylic acids is 1. The van der Waals surface area contributed by atoms with Crippen LogP contribution in [0.3, 0.4) is 0 Å². The second-order valence-corrected chi connectivity index (χ2v) is 4.64. The van der Waals surface area contributed by atoms with Crippen LogP contribution in [0.1, 0.15) is 6.92 Å². The van der Waals surface area contributed by atoms with Gasteiger partial charge in [0.15, 0.2) is 11.5 Å². The molecular weight excluding hydrogens is 284 g/mol. The average Bonchev–Trinajstić information content (AvgIpc) is 2.56. The van der Waals surface area contributed by atoms with Gasteiger partial charge in [-0.1, -0.05) is 12.1 Å². The first kappa shape index (κ1) is 14.2. The van der Waals surface area contributed by atoms with Crippen LogP contribution in [0.25, 0.3) is 0 Å². The highest BCUT2D eigenvalue weighted by Gasteiger charge is 2.27. The minimum atomic E-state index is -0.718. The number of pyridine rings is 1. The number of nitrogens with zero attached hydrogens (tertiary/aromatic N) is 1. The van der Waals surface area contributed by atoms with E-state index in [9.17, 15) is 4.79 Å². The molecule has 2 aromatic rings. The monoisotopic (exact) mass is 300 g/mol. The Hall–Kier alpha value is -2.76. The van der Waals surface area contributed by atoms with Crippen molar-refractivity contribution in [1.82, 2.24) is 4.98 Å². The number of nitrogens with one attached hydrogen (secondary N) is 1. The molecule has 1 aliphatic rings. The Balaban J connectivity index is 1.71. The Morgan fingerprint density at radius 2 is 2.14 bits per heavy atom. The molecule has 0 bridgehead atoms. The van der Waals surface area contributed by atoms with Crippen LogP contribution in [0.15, 0.2) is 42.6 Å². The standard InChI is InChI=1S/C16H16N2O4/c1-2-20-16-11(6-5-9-17-16)18-15(19)14-10-21-12-7-3-4-8-13(12)22-14/h3-9,14H,2,10H2,1H3,(H,18,19). The molecule has 1 unspecified atom stereocenters. The van der Waals surface area contributed by atoms with Crippen LogP contribution in [0.2, 0.25) is 0 Å². The number of ether oxygens (including phenoxy) is 3. The fraction of sp³-hybridized carbons (Fsp3) is 0.250. The van der Waals surface area contributed by atoms with Gasteiger partial charge in [-0.05, 0) is 31.2 Å².